The number of aromatic nitrogens is 3. The SMILES string of the molecule is CSc1nnc(Sc2nc(C)cc(C)c2C(=O)O)s1. The van der Waals surface area contributed by atoms with Gasteiger partial charge in [-0.2, -0.15) is 0 Å². The van der Waals surface area contributed by atoms with Crippen molar-refractivity contribution >= 4 is 40.8 Å². The Hall–Kier alpha value is -1.12. The zero-order chi connectivity index (χ0) is 14.0. The molecule has 2 aromatic heterocycles. The normalized spacial score (nSPS) is 10.7. The van der Waals surface area contributed by atoms with Crippen LogP contribution >= 0.6 is 34.9 Å². The first-order valence-corrected chi connectivity index (χ1v) is 8.14. The molecule has 0 saturated carbocycles. The first-order valence-electron chi connectivity index (χ1n) is 5.28. The quantitative estimate of drug-likeness (QED) is 0.869. The number of nitrogens with zero attached hydrogens (tertiary/aromatic N) is 3. The smallest absolute Gasteiger partial charge is 0.338 e. The summed E-state index contributed by atoms with van der Waals surface area (Å²) in [5.74, 6) is -0.970. The fourth-order valence-electron chi connectivity index (χ4n) is 1.54. The Balaban J connectivity index is 2.40. The van der Waals surface area contributed by atoms with Gasteiger partial charge >= 0.3 is 5.97 Å². The molecule has 19 heavy (non-hydrogen) atoms. The summed E-state index contributed by atoms with van der Waals surface area (Å²) in [6.07, 6.45) is 1.92. The Kier molecular flexibility index (Phi) is 4.43. The highest BCUT2D eigenvalue weighted by Crippen LogP contribution is 2.34. The van der Waals surface area contributed by atoms with Crippen LogP contribution in [-0.4, -0.2) is 32.5 Å². The predicted octanol–water partition coefficient (Wildman–Crippen LogP) is 3.12. The van der Waals surface area contributed by atoms with E-state index in [2.05, 4.69) is 15.2 Å². The van der Waals surface area contributed by atoms with E-state index in [0.29, 0.717) is 14.9 Å². The Bertz CT molecular complexity index is 628. The van der Waals surface area contributed by atoms with E-state index in [9.17, 15) is 9.90 Å². The van der Waals surface area contributed by atoms with E-state index in [4.69, 9.17) is 0 Å². The molecule has 0 aliphatic rings. The summed E-state index contributed by atoms with van der Waals surface area (Å²) in [4.78, 5) is 15.6. The number of thioether (sulfide) groups is 1. The molecular formula is C11H11N3O2S3. The van der Waals surface area contributed by atoms with Crippen molar-refractivity contribution in [3.05, 3.63) is 22.9 Å². The molecule has 0 saturated heterocycles. The van der Waals surface area contributed by atoms with Gasteiger partial charge in [0.05, 0.1) is 5.56 Å². The predicted molar refractivity (Wildman–Crippen MR) is 76.5 cm³/mol. The summed E-state index contributed by atoms with van der Waals surface area (Å²) in [7, 11) is 0. The highest BCUT2D eigenvalue weighted by molar-refractivity contribution is 8.03. The molecule has 2 heterocycles. The van der Waals surface area contributed by atoms with Gasteiger partial charge < -0.3 is 5.11 Å². The van der Waals surface area contributed by atoms with E-state index in [0.717, 1.165) is 10.0 Å². The van der Waals surface area contributed by atoms with E-state index in [1.165, 1.54) is 34.9 Å². The molecule has 0 spiro atoms. The molecule has 0 aromatic carbocycles. The van der Waals surface area contributed by atoms with Gasteiger partial charge in [-0.05, 0) is 43.5 Å². The van der Waals surface area contributed by atoms with Crippen LogP contribution in [0.4, 0.5) is 0 Å². The number of hydrogen-bond acceptors (Lipinski definition) is 7. The van der Waals surface area contributed by atoms with Crippen LogP contribution in [0.2, 0.25) is 0 Å². The van der Waals surface area contributed by atoms with Crippen LogP contribution in [-0.2, 0) is 0 Å². The number of rotatable bonds is 4. The maximum Gasteiger partial charge on any atom is 0.338 e. The second-order valence-electron chi connectivity index (χ2n) is 3.71. The minimum absolute atomic E-state index is 0.233. The lowest BCUT2D eigenvalue weighted by Crippen LogP contribution is -2.05. The van der Waals surface area contributed by atoms with Crippen molar-refractivity contribution in [3.8, 4) is 0 Å². The molecule has 5 nitrogen and oxygen atoms in total. The lowest BCUT2D eigenvalue weighted by atomic mass is 10.1. The molecule has 100 valence electrons. The molecule has 0 bridgehead atoms. The van der Waals surface area contributed by atoms with E-state index in [1.807, 2.05) is 13.2 Å². The standard InChI is InChI=1S/C11H11N3O2S3/c1-5-4-6(2)12-8(7(5)9(15)16)18-11-14-13-10(17-3)19-11/h4H,1-3H3,(H,15,16). The number of carboxylic acids is 1. The third kappa shape index (κ3) is 3.26. The lowest BCUT2D eigenvalue weighted by molar-refractivity contribution is 0.0691. The highest BCUT2D eigenvalue weighted by Gasteiger charge is 2.18. The van der Waals surface area contributed by atoms with Gasteiger partial charge in [-0.25, -0.2) is 9.78 Å². The van der Waals surface area contributed by atoms with Crippen LogP contribution in [0.3, 0.4) is 0 Å². The number of aromatic carboxylic acids is 1. The average Bonchev–Trinajstić information content (AvgIpc) is 2.75. The van der Waals surface area contributed by atoms with Crippen LogP contribution in [0.5, 0.6) is 0 Å². The summed E-state index contributed by atoms with van der Waals surface area (Å²) >= 11 is 4.19. The Morgan fingerprint density at radius 3 is 2.58 bits per heavy atom. The fourth-order valence-corrected chi connectivity index (χ4v) is 4.13. The van der Waals surface area contributed by atoms with Crippen molar-refractivity contribution in [1.82, 2.24) is 15.2 Å². The van der Waals surface area contributed by atoms with Crippen LogP contribution in [0.1, 0.15) is 21.6 Å². The van der Waals surface area contributed by atoms with Crippen molar-refractivity contribution < 1.29 is 9.90 Å². The molecule has 2 aromatic rings. The molecule has 0 aliphatic heterocycles. The van der Waals surface area contributed by atoms with Gasteiger partial charge in [0.25, 0.3) is 0 Å². The number of pyridine rings is 1. The summed E-state index contributed by atoms with van der Waals surface area (Å²) < 4.78 is 1.55. The van der Waals surface area contributed by atoms with E-state index >= 15 is 0 Å². The zero-order valence-electron chi connectivity index (χ0n) is 10.5. The van der Waals surface area contributed by atoms with E-state index < -0.39 is 5.97 Å². The molecule has 0 aliphatic carbocycles. The highest BCUT2D eigenvalue weighted by atomic mass is 32.2. The Morgan fingerprint density at radius 2 is 2.00 bits per heavy atom. The topological polar surface area (TPSA) is 76.0 Å². The molecule has 0 atom stereocenters. The lowest BCUT2D eigenvalue weighted by Gasteiger charge is -2.07. The van der Waals surface area contributed by atoms with Crippen molar-refractivity contribution in [1.29, 1.82) is 0 Å². The molecule has 1 N–H and O–H groups in total. The van der Waals surface area contributed by atoms with Crippen LogP contribution in [0, 0.1) is 13.8 Å². The fraction of sp³-hybridized carbons (Fsp3) is 0.273. The van der Waals surface area contributed by atoms with Gasteiger partial charge in [0, 0.05) is 5.69 Å². The first kappa shape index (κ1) is 14.3. The molecule has 0 fully saturated rings. The second kappa shape index (κ2) is 5.89. The van der Waals surface area contributed by atoms with Gasteiger partial charge in [0.2, 0.25) is 0 Å². The molecule has 0 radical (unpaired) electrons. The third-order valence-corrected chi connectivity index (χ3v) is 5.21. The molecule has 8 heteroatoms. The summed E-state index contributed by atoms with van der Waals surface area (Å²) in [6.45, 7) is 3.62. The summed E-state index contributed by atoms with van der Waals surface area (Å²) in [5.41, 5.74) is 1.73. The van der Waals surface area contributed by atoms with Gasteiger partial charge in [0.15, 0.2) is 8.68 Å². The number of carboxylic acid groups (broad SMARTS) is 1. The van der Waals surface area contributed by atoms with Crippen molar-refractivity contribution in [2.45, 2.75) is 27.6 Å². The average molecular weight is 313 g/mol. The number of carbonyl (C=O) groups is 1. The minimum Gasteiger partial charge on any atom is -0.478 e. The largest absolute Gasteiger partial charge is 0.478 e. The van der Waals surface area contributed by atoms with Crippen molar-refractivity contribution in [2.75, 3.05) is 6.26 Å². The van der Waals surface area contributed by atoms with E-state index in [-0.39, 0.29) is 5.56 Å². The van der Waals surface area contributed by atoms with Crippen molar-refractivity contribution in [3.63, 3.8) is 0 Å². The zero-order valence-corrected chi connectivity index (χ0v) is 12.9. The van der Waals surface area contributed by atoms with Gasteiger partial charge in [0.1, 0.15) is 5.03 Å². The van der Waals surface area contributed by atoms with Crippen LogP contribution < -0.4 is 0 Å². The number of hydrogen-bond donors (Lipinski definition) is 1. The van der Waals surface area contributed by atoms with Gasteiger partial charge in [-0.1, -0.05) is 23.1 Å². The van der Waals surface area contributed by atoms with Gasteiger partial charge in [-0.15, -0.1) is 10.2 Å². The maximum absolute atomic E-state index is 11.3. The molecule has 0 amide bonds. The minimum atomic E-state index is -0.970. The van der Waals surface area contributed by atoms with E-state index in [1.54, 1.807) is 13.0 Å². The summed E-state index contributed by atoms with van der Waals surface area (Å²) in [6, 6.07) is 1.76. The maximum atomic E-state index is 11.3. The Labute approximate surface area is 122 Å². The monoisotopic (exact) mass is 313 g/mol. The third-order valence-electron chi connectivity index (χ3n) is 2.27. The second-order valence-corrected chi connectivity index (χ2v) is 6.97. The van der Waals surface area contributed by atoms with Gasteiger partial charge in [-0.3, -0.25) is 0 Å². The Morgan fingerprint density at radius 1 is 1.32 bits per heavy atom. The summed E-state index contributed by atoms with van der Waals surface area (Å²) in [5, 5.41) is 17.7. The molecule has 2 rings (SSSR count). The first-order chi connectivity index (χ1) is 9.01. The van der Waals surface area contributed by atoms with Crippen LogP contribution in [0.25, 0.3) is 0 Å². The molecule has 0 unspecified atom stereocenters. The van der Waals surface area contributed by atoms with Crippen molar-refractivity contribution in [2.24, 2.45) is 0 Å². The van der Waals surface area contributed by atoms with Crippen LogP contribution in [0.15, 0.2) is 19.8 Å². The number of aryl methyl sites for hydroxylation is 2. The molecular weight excluding hydrogens is 302 g/mol.